The minimum atomic E-state index is -0.367. The van der Waals surface area contributed by atoms with Gasteiger partial charge in [0.2, 0.25) is 0 Å². The minimum absolute atomic E-state index is 0.0148. The van der Waals surface area contributed by atoms with Crippen LogP contribution >= 0.6 is 11.6 Å². The smallest absolute Gasteiger partial charge is 0.151 e. The van der Waals surface area contributed by atoms with Crippen LogP contribution in [0.25, 0.3) is 0 Å². The summed E-state index contributed by atoms with van der Waals surface area (Å²) in [4.78, 5) is 11.5. The lowest BCUT2D eigenvalue weighted by Crippen LogP contribution is -2.24. The number of nitrogens with one attached hydrogen (secondary N) is 1. The van der Waals surface area contributed by atoms with E-state index in [1.54, 1.807) is 0 Å². The summed E-state index contributed by atoms with van der Waals surface area (Å²) in [5.74, 6) is -0.352. The van der Waals surface area contributed by atoms with Gasteiger partial charge in [-0.2, -0.15) is 0 Å². The summed E-state index contributed by atoms with van der Waals surface area (Å²) in [6.45, 7) is 3.14. The highest BCUT2D eigenvalue weighted by Crippen LogP contribution is 2.17. The molecule has 1 aromatic carbocycles. The van der Waals surface area contributed by atoms with Crippen LogP contribution in [0.5, 0.6) is 0 Å². The monoisotopic (exact) mass is 243 g/mol. The Hall–Kier alpha value is -0.930. The molecule has 1 aromatic rings. The first kappa shape index (κ1) is 13.1. The SMILES string of the molecule is CCCNCC(=O)Cc1cc(F)ccc1Cl. The van der Waals surface area contributed by atoms with E-state index in [1.807, 2.05) is 6.92 Å². The first-order valence-corrected chi connectivity index (χ1v) is 5.67. The Bertz CT molecular complexity index is 368. The number of carbonyl (C=O) groups is 1. The van der Waals surface area contributed by atoms with Crippen LogP contribution in [0, 0.1) is 5.82 Å². The maximum atomic E-state index is 12.9. The quantitative estimate of drug-likeness (QED) is 0.779. The molecule has 0 aliphatic heterocycles. The Balaban J connectivity index is 2.52. The molecular weight excluding hydrogens is 229 g/mol. The molecule has 88 valence electrons. The van der Waals surface area contributed by atoms with E-state index in [9.17, 15) is 9.18 Å². The zero-order valence-electron chi connectivity index (χ0n) is 9.22. The minimum Gasteiger partial charge on any atom is -0.310 e. The van der Waals surface area contributed by atoms with Crippen molar-refractivity contribution in [3.05, 3.63) is 34.6 Å². The normalized spacial score (nSPS) is 10.4. The van der Waals surface area contributed by atoms with Crippen LogP contribution in [0.4, 0.5) is 4.39 Å². The number of rotatable bonds is 6. The molecule has 0 aromatic heterocycles. The summed E-state index contributed by atoms with van der Waals surface area (Å²) in [7, 11) is 0. The highest BCUT2D eigenvalue weighted by atomic mass is 35.5. The van der Waals surface area contributed by atoms with Crippen LogP contribution in [-0.4, -0.2) is 18.9 Å². The van der Waals surface area contributed by atoms with Crippen LogP contribution < -0.4 is 5.32 Å². The van der Waals surface area contributed by atoms with Crippen molar-refractivity contribution in [2.75, 3.05) is 13.1 Å². The lowest BCUT2D eigenvalue weighted by molar-refractivity contribution is -0.117. The van der Waals surface area contributed by atoms with Crippen LogP contribution in [0.1, 0.15) is 18.9 Å². The number of carbonyl (C=O) groups excluding carboxylic acids is 1. The molecule has 0 spiro atoms. The highest BCUT2D eigenvalue weighted by Gasteiger charge is 2.07. The van der Waals surface area contributed by atoms with Gasteiger partial charge in [-0.25, -0.2) is 4.39 Å². The Morgan fingerprint density at radius 3 is 2.94 bits per heavy atom. The zero-order valence-corrected chi connectivity index (χ0v) is 9.98. The van der Waals surface area contributed by atoms with Crippen molar-refractivity contribution in [1.82, 2.24) is 5.32 Å². The fourth-order valence-corrected chi connectivity index (χ4v) is 1.54. The van der Waals surface area contributed by atoms with Gasteiger partial charge in [0.15, 0.2) is 5.78 Å². The van der Waals surface area contributed by atoms with Crippen molar-refractivity contribution in [2.45, 2.75) is 19.8 Å². The summed E-state index contributed by atoms with van der Waals surface area (Å²) < 4.78 is 12.9. The van der Waals surface area contributed by atoms with Gasteiger partial charge in [-0.1, -0.05) is 18.5 Å². The molecule has 0 heterocycles. The molecule has 0 fully saturated rings. The van der Waals surface area contributed by atoms with Crippen molar-refractivity contribution in [2.24, 2.45) is 0 Å². The fraction of sp³-hybridized carbons (Fsp3) is 0.417. The second-order valence-corrected chi connectivity index (χ2v) is 4.04. The third-order valence-corrected chi connectivity index (χ3v) is 2.51. The van der Waals surface area contributed by atoms with Gasteiger partial charge in [-0.3, -0.25) is 4.79 Å². The van der Waals surface area contributed by atoms with Crippen LogP contribution in [-0.2, 0) is 11.2 Å². The van der Waals surface area contributed by atoms with Crippen molar-refractivity contribution in [1.29, 1.82) is 0 Å². The second-order valence-electron chi connectivity index (χ2n) is 3.63. The van der Waals surface area contributed by atoms with Gasteiger partial charge in [-0.15, -0.1) is 0 Å². The van der Waals surface area contributed by atoms with Gasteiger partial charge in [0.1, 0.15) is 5.82 Å². The molecule has 1 rings (SSSR count). The third-order valence-electron chi connectivity index (χ3n) is 2.14. The number of ketones is 1. The van der Waals surface area contributed by atoms with E-state index >= 15 is 0 Å². The second kappa shape index (κ2) is 6.61. The predicted octanol–water partition coefficient (Wildman–Crippen LogP) is 2.59. The van der Waals surface area contributed by atoms with E-state index in [4.69, 9.17) is 11.6 Å². The van der Waals surface area contributed by atoms with Gasteiger partial charge >= 0.3 is 0 Å². The predicted molar refractivity (Wildman–Crippen MR) is 63.3 cm³/mol. The van der Waals surface area contributed by atoms with E-state index < -0.39 is 0 Å². The molecule has 0 aliphatic rings. The molecule has 0 radical (unpaired) electrons. The fourth-order valence-electron chi connectivity index (χ4n) is 1.36. The van der Waals surface area contributed by atoms with Gasteiger partial charge in [0, 0.05) is 11.4 Å². The molecule has 0 aliphatic carbocycles. The molecule has 0 amide bonds. The summed E-state index contributed by atoms with van der Waals surface area (Å²) in [5.41, 5.74) is 0.546. The number of benzene rings is 1. The van der Waals surface area contributed by atoms with Crippen molar-refractivity contribution < 1.29 is 9.18 Å². The molecule has 0 saturated carbocycles. The Morgan fingerprint density at radius 1 is 1.50 bits per heavy atom. The number of hydrogen-bond acceptors (Lipinski definition) is 2. The molecule has 0 unspecified atom stereocenters. The molecule has 4 heteroatoms. The molecule has 0 atom stereocenters. The van der Waals surface area contributed by atoms with Crippen molar-refractivity contribution in [3.63, 3.8) is 0 Å². The molecule has 16 heavy (non-hydrogen) atoms. The molecule has 2 nitrogen and oxygen atoms in total. The lowest BCUT2D eigenvalue weighted by atomic mass is 10.1. The van der Waals surface area contributed by atoms with E-state index in [1.165, 1.54) is 18.2 Å². The third kappa shape index (κ3) is 4.29. The van der Waals surface area contributed by atoms with Crippen LogP contribution in [0.3, 0.4) is 0 Å². The average molecular weight is 244 g/mol. The van der Waals surface area contributed by atoms with Crippen molar-refractivity contribution >= 4 is 17.4 Å². The molecule has 0 saturated heterocycles. The van der Waals surface area contributed by atoms with Gasteiger partial charge in [0.05, 0.1) is 6.54 Å². The number of hydrogen-bond donors (Lipinski definition) is 1. The summed E-state index contributed by atoms with van der Waals surface area (Å²) in [5, 5.41) is 3.44. The maximum absolute atomic E-state index is 12.9. The first-order valence-electron chi connectivity index (χ1n) is 5.29. The van der Waals surface area contributed by atoms with E-state index in [2.05, 4.69) is 5.32 Å². The van der Waals surface area contributed by atoms with Gasteiger partial charge in [0.25, 0.3) is 0 Å². The maximum Gasteiger partial charge on any atom is 0.151 e. The van der Waals surface area contributed by atoms with Crippen LogP contribution in [0.15, 0.2) is 18.2 Å². The summed E-state index contributed by atoms with van der Waals surface area (Å²) in [6, 6.07) is 4.06. The Labute approximate surface area is 99.8 Å². The Morgan fingerprint density at radius 2 is 2.25 bits per heavy atom. The van der Waals surface area contributed by atoms with Gasteiger partial charge in [-0.05, 0) is 36.7 Å². The topological polar surface area (TPSA) is 29.1 Å². The largest absolute Gasteiger partial charge is 0.310 e. The standard InChI is InChI=1S/C12H15ClFNO/c1-2-5-15-8-11(16)7-9-6-10(14)3-4-12(9)13/h3-4,6,15H,2,5,7-8H2,1H3. The highest BCUT2D eigenvalue weighted by molar-refractivity contribution is 6.31. The molecular formula is C12H15ClFNO. The molecule has 0 bridgehead atoms. The zero-order chi connectivity index (χ0) is 12.0. The number of halogens is 2. The van der Waals surface area contributed by atoms with Crippen molar-refractivity contribution in [3.8, 4) is 0 Å². The first-order chi connectivity index (χ1) is 7.63. The van der Waals surface area contributed by atoms with Gasteiger partial charge < -0.3 is 5.32 Å². The summed E-state index contributed by atoms with van der Waals surface area (Å²) in [6.07, 6.45) is 1.15. The van der Waals surface area contributed by atoms with E-state index in [0.717, 1.165) is 13.0 Å². The van der Waals surface area contributed by atoms with E-state index in [0.29, 0.717) is 17.1 Å². The average Bonchev–Trinajstić information content (AvgIpc) is 2.24. The summed E-state index contributed by atoms with van der Waals surface area (Å²) >= 11 is 5.86. The number of Topliss-reactive ketones (excluding diaryl/α,β-unsaturated/α-hetero) is 1. The van der Waals surface area contributed by atoms with Crippen LogP contribution in [0.2, 0.25) is 5.02 Å². The lowest BCUT2D eigenvalue weighted by Gasteiger charge is -2.05. The molecule has 1 N–H and O–H groups in total. The Kier molecular flexibility index (Phi) is 5.43. The van der Waals surface area contributed by atoms with E-state index in [-0.39, 0.29) is 18.0 Å².